The first-order chi connectivity index (χ1) is 6.68. The average molecular weight is 211 g/mol. The van der Waals surface area contributed by atoms with Crippen LogP contribution in [0.15, 0.2) is 0 Å². The summed E-state index contributed by atoms with van der Waals surface area (Å²) in [6, 6.07) is 0. The van der Waals surface area contributed by atoms with Gasteiger partial charge in [-0.05, 0) is 0 Å². The van der Waals surface area contributed by atoms with Gasteiger partial charge in [0.15, 0.2) is 0 Å². The average Bonchev–Trinajstić information content (AvgIpc) is 2.21. The second-order valence-electron chi connectivity index (χ2n) is 2.32. The monoisotopic (exact) mass is 211 g/mol. The highest BCUT2D eigenvalue weighted by molar-refractivity contribution is 4.46. The smallest absolute Gasteiger partial charge is 0.348 e. The van der Waals surface area contributed by atoms with Crippen LogP contribution in [0.2, 0.25) is 0 Å². The molecule has 0 saturated carbocycles. The zero-order valence-corrected chi connectivity index (χ0v) is 7.89. The number of aliphatic hydroxyl groups is 3. The van der Waals surface area contributed by atoms with Crippen LogP contribution in [0.5, 0.6) is 0 Å². The van der Waals surface area contributed by atoms with E-state index < -0.39 is 6.10 Å². The second-order valence-corrected chi connectivity index (χ2v) is 2.32. The molecule has 0 fully saturated rings. The Kier molecular flexibility index (Phi) is 7.90. The minimum absolute atomic E-state index is 0.0621. The van der Waals surface area contributed by atoms with Crippen molar-refractivity contribution in [1.82, 2.24) is 0 Å². The lowest BCUT2D eigenvalue weighted by atomic mass is 10.7. The van der Waals surface area contributed by atoms with Gasteiger partial charge in [0, 0.05) is 0 Å². The number of aliphatic hydroxyl groups excluding tert-OH is 3. The number of hydrogen-bond acceptors (Lipinski definition) is 7. The van der Waals surface area contributed by atoms with Crippen molar-refractivity contribution in [1.29, 1.82) is 0 Å². The van der Waals surface area contributed by atoms with E-state index in [0.29, 0.717) is 0 Å². The van der Waals surface area contributed by atoms with Crippen LogP contribution in [0, 0.1) is 0 Å². The Hall–Kier alpha value is -0.280. The molecule has 0 amide bonds. The van der Waals surface area contributed by atoms with E-state index in [1.807, 2.05) is 0 Å². The summed E-state index contributed by atoms with van der Waals surface area (Å²) in [5.74, 6) is 0. The van der Waals surface area contributed by atoms with E-state index in [4.69, 9.17) is 35.3 Å². The van der Waals surface area contributed by atoms with Crippen LogP contribution in [-0.4, -0.2) is 61.1 Å². The van der Waals surface area contributed by atoms with Gasteiger partial charge in [0.25, 0.3) is 0 Å². The first kappa shape index (κ1) is 13.7. The van der Waals surface area contributed by atoms with Crippen molar-refractivity contribution in [3.8, 4) is 0 Å². The Morgan fingerprint density at radius 1 is 0.786 bits per heavy atom. The summed E-state index contributed by atoms with van der Waals surface area (Å²) in [4.78, 5) is 0. The highest BCUT2D eigenvalue weighted by Crippen LogP contribution is 2.07. The fourth-order valence-electron chi connectivity index (χ4n) is 0.689. The number of ether oxygens (including phenoxy) is 3. The predicted octanol–water partition coefficient (Wildman–Crippen LogP) is -2.42. The molecule has 14 heavy (non-hydrogen) atoms. The van der Waals surface area contributed by atoms with E-state index in [0.717, 1.165) is 0 Å². The van der Waals surface area contributed by atoms with Gasteiger partial charge >= 0.3 is 6.10 Å². The molecular weight excluding hydrogens is 194 g/mol. The van der Waals surface area contributed by atoms with Crippen LogP contribution < -0.4 is 5.73 Å². The van der Waals surface area contributed by atoms with Crippen LogP contribution in [0.1, 0.15) is 0 Å². The third-order valence-corrected chi connectivity index (χ3v) is 1.18. The summed E-state index contributed by atoms with van der Waals surface area (Å²) >= 11 is 0. The van der Waals surface area contributed by atoms with E-state index in [1.165, 1.54) is 0 Å². The van der Waals surface area contributed by atoms with Crippen molar-refractivity contribution in [2.24, 2.45) is 5.73 Å². The van der Waals surface area contributed by atoms with Crippen LogP contribution in [0.4, 0.5) is 0 Å². The minimum atomic E-state index is -1.83. The van der Waals surface area contributed by atoms with Gasteiger partial charge in [-0.25, -0.2) is 0 Å². The fraction of sp³-hybridized carbons (Fsp3) is 1.00. The standard InChI is InChI=1S/C7H17NO6/c8-7(12-4-1-9,13-5-2-10)14-6-3-11/h9-11H,1-6,8H2. The lowest BCUT2D eigenvalue weighted by Gasteiger charge is -2.27. The molecule has 0 aliphatic heterocycles. The van der Waals surface area contributed by atoms with Gasteiger partial charge in [-0.1, -0.05) is 0 Å². The molecular formula is C7H17NO6. The van der Waals surface area contributed by atoms with E-state index in [-0.39, 0.29) is 39.6 Å². The molecule has 0 unspecified atom stereocenters. The van der Waals surface area contributed by atoms with Crippen molar-refractivity contribution >= 4 is 0 Å². The molecule has 0 aromatic rings. The Morgan fingerprint density at radius 3 is 1.29 bits per heavy atom. The summed E-state index contributed by atoms with van der Waals surface area (Å²) in [6.07, 6.45) is -1.83. The summed E-state index contributed by atoms with van der Waals surface area (Å²) in [5.41, 5.74) is 5.46. The first-order valence-electron chi connectivity index (χ1n) is 4.22. The van der Waals surface area contributed by atoms with Crippen LogP contribution in [0.3, 0.4) is 0 Å². The molecule has 0 aromatic heterocycles. The van der Waals surface area contributed by atoms with Gasteiger partial charge in [0.05, 0.1) is 39.6 Å². The highest BCUT2D eigenvalue weighted by Gasteiger charge is 2.27. The molecule has 0 bridgehead atoms. The molecule has 86 valence electrons. The summed E-state index contributed by atoms with van der Waals surface area (Å²) in [7, 11) is 0. The van der Waals surface area contributed by atoms with Crippen molar-refractivity contribution in [3.63, 3.8) is 0 Å². The van der Waals surface area contributed by atoms with Gasteiger partial charge in [0.2, 0.25) is 0 Å². The maximum absolute atomic E-state index is 8.49. The normalized spacial score (nSPS) is 12.0. The summed E-state index contributed by atoms with van der Waals surface area (Å²) in [5, 5.41) is 25.5. The Morgan fingerprint density at radius 2 is 1.07 bits per heavy atom. The van der Waals surface area contributed by atoms with Gasteiger partial charge in [-0.3, -0.25) is 5.73 Å². The highest BCUT2D eigenvalue weighted by atomic mass is 16.9. The molecule has 0 aliphatic rings. The van der Waals surface area contributed by atoms with E-state index in [9.17, 15) is 0 Å². The van der Waals surface area contributed by atoms with Gasteiger partial charge in [-0.2, -0.15) is 0 Å². The van der Waals surface area contributed by atoms with Crippen molar-refractivity contribution in [2.45, 2.75) is 6.10 Å². The largest absolute Gasteiger partial charge is 0.394 e. The summed E-state index contributed by atoms with van der Waals surface area (Å²) in [6.45, 7) is -0.883. The van der Waals surface area contributed by atoms with Gasteiger partial charge in [-0.15, -0.1) is 0 Å². The van der Waals surface area contributed by atoms with Crippen LogP contribution in [-0.2, 0) is 14.2 Å². The first-order valence-corrected chi connectivity index (χ1v) is 4.22. The molecule has 5 N–H and O–H groups in total. The molecule has 0 radical (unpaired) electrons. The molecule has 7 heteroatoms. The molecule has 0 rings (SSSR count). The maximum Gasteiger partial charge on any atom is 0.348 e. The molecule has 0 heterocycles. The minimum Gasteiger partial charge on any atom is -0.394 e. The molecule has 0 aromatic carbocycles. The van der Waals surface area contributed by atoms with Crippen LogP contribution >= 0.6 is 0 Å². The Bertz CT molecular complexity index is 112. The van der Waals surface area contributed by atoms with E-state index in [2.05, 4.69) is 0 Å². The van der Waals surface area contributed by atoms with Crippen LogP contribution in [0.25, 0.3) is 0 Å². The summed E-state index contributed by atoms with van der Waals surface area (Å²) < 4.78 is 14.5. The molecule has 0 atom stereocenters. The molecule has 0 aliphatic carbocycles. The zero-order valence-electron chi connectivity index (χ0n) is 7.89. The SMILES string of the molecule is NC(OCCO)(OCCO)OCCO. The van der Waals surface area contributed by atoms with Gasteiger partial charge < -0.3 is 29.5 Å². The van der Waals surface area contributed by atoms with Crippen molar-refractivity contribution < 1.29 is 29.5 Å². The number of rotatable bonds is 9. The lowest BCUT2D eigenvalue weighted by Crippen LogP contribution is -2.50. The zero-order chi connectivity index (χ0) is 10.9. The second kappa shape index (κ2) is 8.06. The third kappa shape index (κ3) is 6.22. The number of hydrogen-bond donors (Lipinski definition) is 4. The third-order valence-electron chi connectivity index (χ3n) is 1.18. The predicted molar refractivity (Wildman–Crippen MR) is 46.0 cm³/mol. The topological polar surface area (TPSA) is 114 Å². The van der Waals surface area contributed by atoms with E-state index >= 15 is 0 Å². The fourth-order valence-corrected chi connectivity index (χ4v) is 0.689. The van der Waals surface area contributed by atoms with E-state index in [1.54, 1.807) is 0 Å². The quantitative estimate of drug-likeness (QED) is 0.314. The Balaban J connectivity index is 3.89. The van der Waals surface area contributed by atoms with Gasteiger partial charge in [0.1, 0.15) is 0 Å². The molecule has 0 saturated heterocycles. The number of nitrogens with two attached hydrogens (primary N) is 1. The van der Waals surface area contributed by atoms with Crippen molar-refractivity contribution in [3.05, 3.63) is 0 Å². The molecule has 7 nitrogen and oxygen atoms in total. The van der Waals surface area contributed by atoms with Crippen molar-refractivity contribution in [2.75, 3.05) is 39.6 Å². The lowest BCUT2D eigenvalue weighted by molar-refractivity contribution is -0.381. The Labute approximate surface area is 82.0 Å². The maximum atomic E-state index is 8.49. The molecule has 0 spiro atoms.